The van der Waals surface area contributed by atoms with Crippen LogP contribution in [0, 0.1) is 3.57 Å². The van der Waals surface area contributed by atoms with Gasteiger partial charge >= 0.3 is 0 Å². The van der Waals surface area contributed by atoms with Gasteiger partial charge in [-0.2, -0.15) is 0 Å². The number of rotatable bonds is 2. The molecule has 1 atom stereocenters. The summed E-state index contributed by atoms with van der Waals surface area (Å²) in [4.78, 5) is 4.13. The van der Waals surface area contributed by atoms with E-state index in [4.69, 9.17) is 16.0 Å². The van der Waals surface area contributed by atoms with E-state index in [0.717, 1.165) is 14.9 Å². The zero-order chi connectivity index (χ0) is 10.8. The van der Waals surface area contributed by atoms with Crippen LogP contribution in [0.5, 0.6) is 0 Å². The highest BCUT2D eigenvalue weighted by atomic mass is 127. The molecule has 2 aromatic rings. The maximum absolute atomic E-state index is 5.89. The minimum Gasteiger partial charge on any atom is -0.439 e. The first-order valence-electron chi connectivity index (χ1n) is 4.53. The second-order valence-electron chi connectivity index (χ2n) is 3.16. The Morgan fingerprint density at radius 3 is 2.73 bits per heavy atom. The smallest absolute Gasteiger partial charge is 0.212 e. The lowest BCUT2D eigenvalue weighted by atomic mass is 10.2. The first-order valence-corrected chi connectivity index (χ1v) is 6.04. The number of aromatic nitrogens is 1. The lowest BCUT2D eigenvalue weighted by Gasteiger charge is -1.99. The predicted octanol–water partition coefficient (Wildman–Crippen LogP) is 4.25. The van der Waals surface area contributed by atoms with Crippen molar-refractivity contribution in [2.75, 3.05) is 0 Å². The van der Waals surface area contributed by atoms with Gasteiger partial charge in [-0.15, -0.1) is 11.6 Å². The Morgan fingerprint density at radius 2 is 2.13 bits per heavy atom. The molecule has 15 heavy (non-hydrogen) atoms. The van der Waals surface area contributed by atoms with Gasteiger partial charge in [0.15, 0.2) is 5.76 Å². The summed E-state index contributed by atoms with van der Waals surface area (Å²) < 4.78 is 6.70. The average molecular weight is 334 g/mol. The second kappa shape index (κ2) is 4.53. The molecule has 0 amide bonds. The van der Waals surface area contributed by atoms with Gasteiger partial charge < -0.3 is 4.42 Å². The molecule has 4 heteroatoms. The summed E-state index contributed by atoms with van der Waals surface area (Å²) in [5.41, 5.74) is 1.05. The first kappa shape index (κ1) is 11.0. The predicted molar refractivity (Wildman–Crippen MR) is 68.9 cm³/mol. The normalized spacial score (nSPS) is 12.7. The Hall–Kier alpha value is -0.550. The molecule has 0 radical (unpaired) electrons. The summed E-state index contributed by atoms with van der Waals surface area (Å²) in [6.07, 6.45) is 1.71. The standard InChI is InChI=1S/C11H9ClINO/c1-7(12)11-14-6-10(15-11)8-4-2-3-5-9(8)13/h2-7H,1H3. The topological polar surface area (TPSA) is 26.0 Å². The molecule has 1 heterocycles. The summed E-state index contributed by atoms with van der Waals surface area (Å²) in [5.74, 6) is 1.33. The summed E-state index contributed by atoms with van der Waals surface area (Å²) in [6, 6.07) is 8.00. The highest BCUT2D eigenvalue weighted by Crippen LogP contribution is 2.28. The largest absolute Gasteiger partial charge is 0.439 e. The zero-order valence-electron chi connectivity index (χ0n) is 8.08. The molecule has 2 rings (SSSR count). The van der Waals surface area contributed by atoms with E-state index in [1.54, 1.807) is 6.20 Å². The Labute approximate surface area is 107 Å². The first-order chi connectivity index (χ1) is 7.18. The van der Waals surface area contributed by atoms with Crippen molar-refractivity contribution >= 4 is 34.2 Å². The van der Waals surface area contributed by atoms with Crippen molar-refractivity contribution < 1.29 is 4.42 Å². The molecule has 0 N–H and O–H groups in total. The fourth-order valence-electron chi connectivity index (χ4n) is 1.26. The third kappa shape index (κ3) is 2.34. The van der Waals surface area contributed by atoms with E-state index < -0.39 is 0 Å². The number of hydrogen-bond acceptors (Lipinski definition) is 2. The summed E-state index contributed by atoms with van der Waals surface area (Å²) in [5, 5.41) is -0.194. The van der Waals surface area contributed by atoms with Crippen LogP contribution < -0.4 is 0 Å². The van der Waals surface area contributed by atoms with E-state index >= 15 is 0 Å². The average Bonchev–Trinajstić information content (AvgIpc) is 2.67. The van der Waals surface area contributed by atoms with E-state index in [2.05, 4.69) is 27.6 Å². The zero-order valence-corrected chi connectivity index (χ0v) is 11.0. The number of hydrogen-bond donors (Lipinski definition) is 0. The van der Waals surface area contributed by atoms with Gasteiger partial charge in [-0.25, -0.2) is 4.98 Å². The van der Waals surface area contributed by atoms with E-state index in [-0.39, 0.29) is 5.38 Å². The third-order valence-corrected chi connectivity index (χ3v) is 3.13. The van der Waals surface area contributed by atoms with Crippen LogP contribution in [0.25, 0.3) is 11.3 Å². The molecule has 0 aliphatic heterocycles. The molecule has 0 bridgehead atoms. The summed E-state index contributed by atoms with van der Waals surface area (Å²) >= 11 is 8.16. The number of alkyl halides is 1. The van der Waals surface area contributed by atoms with Gasteiger partial charge in [-0.1, -0.05) is 18.2 Å². The minimum absolute atomic E-state index is 0.194. The van der Waals surface area contributed by atoms with E-state index in [1.165, 1.54) is 0 Å². The quantitative estimate of drug-likeness (QED) is 0.607. The monoisotopic (exact) mass is 333 g/mol. The summed E-state index contributed by atoms with van der Waals surface area (Å²) in [6.45, 7) is 1.84. The molecule has 0 saturated heterocycles. The van der Waals surface area contributed by atoms with Crippen LogP contribution in [-0.4, -0.2) is 4.98 Å². The van der Waals surface area contributed by atoms with E-state index in [0.29, 0.717) is 5.89 Å². The molecule has 1 unspecified atom stereocenters. The van der Waals surface area contributed by atoms with Crippen LogP contribution in [0.2, 0.25) is 0 Å². The molecular formula is C11H9ClINO. The lowest BCUT2D eigenvalue weighted by molar-refractivity contribution is 0.508. The molecule has 1 aromatic heterocycles. The van der Waals surface area contributed by atoms with Crippen molar-refractivity contribution in [3.63, 3.8) is 0 Å². The summed E-state index contributed by atoms with van der Waals surface area (Å²) in [7, 11) is 0. The van der Waals surface area contributed by atoms with Crippen molar-refractivity contribution in [1.82, 2.24) is 4.98 Å². The van der Waals surface area contributed by atoms with Gasteiger partial charge in [0.2, 0.25) is 5.89 Å². The molecule has 0 saturated carbocycles. The maximum atomic E-state index is 5.89. The SMILES string of the molecule is CC(Cl)c1ncc(-c2ccccc2I)o1. The number of halogens is 2. The van der Waals surface area contributed by atoms with Crippen molar-refractivity contribution in [3.8, 4) is 11.3 Å². The molecule has 1 aromatic carbocycles. The van der Waals surface area contributed by atoms with Gasteiger partial charge in [-0.3, -0.25) is 0 Å². The van der Waals surface area contributed by atoms with Crippen LogP contribution in [0.3, 0.4) is 0 Å². The molecule has 0 aliphatic carbocycles. The van der Waals surface area contributed by atoms with Crippen LogP contribution >= 0.6 is 34.2 Å². The molecule has 78 valence electrons. The molecule has 0 aliphatic rings. The van der Waals surface area contributed by atoms with Gasteiger partial charge in [0.25, 0.3) is 0 Å². The van der Waals surface area contributed by atoms with Crippen LogP contribution in [0.4, 0.5) is 0 Å². The van der Waals surface area contributed by atoms with Crippen molar-refractivity contribution in [2.24, 2.45) is 0 Å². The van der Waals surface area contributed by atoms with Gasteiger partial charge in [0, 0.05) is 9.13 Å². The lowest BCUT2D eigenvalue weighted by Crippen LogP contribution is -1.81. The number of benzene rings is 1. The van der Waals surface area contributed by atoms with Crippen molar-refractivity contribution in [1.29, 1.82) is 0 Å². The highest BCUT2D eigenvalue weighted by molar-refractivity contribution is 14.1. The third-order valence-electron chi connectivity index (χ3n) is 2.00. The Kier molecular flexibility index (Phi) is 3.31. The van der Waals surface area contributed by atoms with E-state index in [1.807, 2.05) is 31.2 Å². The Balaban J connectivity index is 2.42. The van der Waals surface area contributed by atoms with Crippen LogP contribution in [0.15, 0.2) is 34.9 Å². The fraction of sp³-hybridized carbons (Fsp3) is 0.182. The Bertz CT molecular complexity index is 467. The van der Waals surface area contributed by atoms with Gasteiger partial charge in [0.05, 0.1) is 6.20 Å². The fourth-order valence-corrected chi connectivity index (χ4v) is 2.01. The maximum Gasteiger partial charge on any atom is 0.212 e. The molecule has 0 spiro atoms. The molecular weight excluding hydrogens is 324 g/mol. The number of oxazole rings is 1. The number of nitrogens with zero attached hydrogens (tertiary/aromatic N) is 1. The minimum atomic E-state index is -0.194. The Morgan fingerprint density at radius 1 is 1.40 bits per heavy atom. The van der Waals surface area contributed by atoms with E-state index in [9.17, 15) is 0 Å². The van der Waals surface area contributed by atoms with Gasteiger partial charge in [-0.05, 0) is 35.6 Å². The van der Waals surface area contributed by atoms with Crippen molar-refractivity contribution in [2.45, 2.75) is 12.3 Å². The van der Waals surface area contributed by atoms with Crippen molar-refractivity contribution in [3.05, 3.63) is 39.9 Å². The van der Waals surface area contributed by atoms with Crippen LogP contribution in [0.1, 0.15) is 18.2 Å². The molecule has 0 fully saturated rings. The second-order valence-corrected chi connectivity index (χ2v) is 4.98. The molecule has 2 nitrogen and oxygen atoms in total. The van der Waals surface area contributed by atoms with Gasteiger partial charge in [0.1, 0.15) is 5.38 Å². The van der Waals surface area contributed by atoms with Crippen LogP contribution in [-0.2, 0) is 0 Å². The highest BCUT2D eigenvalue weighted by Gasteiger charge is 2.11.